The molecule has 1 nitrogen and oxygen atoms in total. The second-order valence-electron chi connectivity index (χ2n) is 10.5. The molecular weight excluding hydrogens is 544 g/mol. The fourth-order valence-corrected chi connectivity index (χ4v) is 6.15. The quantitative estimate of drug-likeness (QED) is 0.187. The van der Waals surface area contributed by atoms with Gasteiger partial charge >= 0.3 is 0 Å². The average Bonchev–Trinajstić information content (AvgIpc) is 3.66. The Bertz CT molecular complexity index is 3290. The van der Waals surface area contributed by atoms with Crippen LogP contribution in [0.1, 0.15) is 20.6 Å². The highest BCUT2D eigenvalue weighted by atomic mass is 16.3. The Kier molecular flexibility index (Phi) is 3.39. The minimum Gasteiger partial charge on any atom is -0.456 e. The fraction of sp³-hybridized carbons (Fsp3) is 0. The molecule has 0 unspecified atom stereocenters. The van der Waals surface area contributed by atoms with Crippen LogP contribution in [-0.4, -0.2) is 0 Å². The molecule has 0 radical (unpaired) electrons. The molecule has 0 fully saturated rings. The maximum absolute atomic E-state index is 9.97. The molecule has 0 atom stereocenters. The Balaban J connectivity index is 1.55. The van der Waals surface area contributed by atoms with E-state index >= 15 is 0 Å². The Morgan fingerprint density at radius 1 is 0.378 bits per heavy atom. The first-order valence-corrected chi connectivity index (χ1v) is 14.2. The van der Waals surface area contributed by atoms with Crippen molar-refractivity contribution in [3.05, 3.63) is 169 Å². The van der Waals surface area contributed by atoms with Gasteiger partial charge in [0.15, 0.2) is 0 Å². The van der Waals surface area contributed by atoms with Crippen LogP contribution in [0.5, 0.6) is 0 Å². The number of rotatable bonds is 4. The Morgan fingerprint density at radius 2 is 0.933 bits per heavy atom. The molecule has 8 aromatic carbocycles. The number of fused-ring (bicyclic) bond motifs is 5. The molecule has 0 saturated carbocycles. The Morgan fingerprint density at radius 3 is 1.62 bits per heavy atom. The maximum Gasteiger partial charge on any atom is 0.136 e. The molecule has 0 aliphatic carbocycles. The summed E-state index contributed by atoms with van der Waals surface area (Å²) in [5, 5.41) is 1.74. The summed E-state index contributed by atoms with van der Waals surface area (Å²) in [5.74, 6) is 0. The van der Waals surface area contributed by atoms with E-state index in [4.69, 9.17) is 19.5 Å². The van der Waals surface area contributed by atoms with Crippen LogP contribution >= 0.6 is 0 Å². The van der Waals surface area contributed by atoms with Gasteiger partial charge in [0.1, 0.15) is 11.2 Å². The van der Waals surface area contributed by atoms with E-state index in [9.17, 15) is 5.48 Å². The van der Waals surface area contributed by atoms with Crippen molar-refractivity contribution in [2.45, 2.75) is 0 Å². The average molecular weight is 588 g/mol. The van der Waals surface area contributed by atoms with Crippen molar-refractivity contribution >= 4 is 43.5 Å². The lowest BCUT2D eigenvalue weighted by molar-refractivity contribution is 0.669. The van der Waals surface area contributed by atoms with E-state index in [0.29, 0.717) is 32.7 Å². The molecule has 0 aliphatic rings. The number of benzene rings is 8. The number of para-hydroxylation sites is 1. The standard InChI is InChI=1S/C44H28O/c1-3-15-29(16-4-1)31-27-39(44-38-25-13-14-26-40(38)45-41(44)28-31)43-36-23-11-9-21-34(36)42(35-22-10-12-24-37(35)43)33-20-8-7-19-32(33)30-17-5-2-6-18-30/h1-28H/i2D,5D,6D,7D,8D,13D,14D,17D,18D,19D,20D,25D,26D,27D,28D. The summed E-state index contributed by atoms with van der Waals surface area (Å²) in [6.45, 7) is 0. The van der Waals surface area contributed by atoms with Crippen LogP contribution in [0, 0.1) is 0 Å². The number of hydrogen-bond acceptors (Lipinski definition) is 1. The van der Waals surface area contributed by atoms with E-state index in [0.717, 1.165) is 0 Å². The molecule has 1 heterocycles. The molecule has 0 aliphatic heterocycles. The lowest BCUT2D eigenvalue weighted by Gasteiger charge is -2.20. The van der Waals surface area contributed by atoms with Crippen molar-refractivity contribution in [3.63, 3.8) is 0 Å². The Hall–Kier alpha value is -5.92. The van der Waals surface area contributed by atoms with Crippen molar-refractivity contribution in [1.29, 1.82) is 0 Å². The maximum atomic E-state index is 9.97. The van der Waals surface area contributed by atoms with Crippen LogP contribution in [0.15, 0.2) is 174 Å². The van der Waals surface area contributed by atoms with Crippen LogP contribution in [0.3, 0.4) is 0 Å². The van der Waals surface area contributed by atoms with Crippen LogP contribution < -0.4 is 0 Å². The summed E-state index contributed by atoms with van der Waals surface area (Å²) in [5.41, 5.74) is 0.420. The van der Waals surface area contributed by atoms with E-state index in [1.165, 1.54) is 0 Å². The summed E-state index contributed by atoms with van der Waals surface area (Å²) < 4.78 is 139. The van der Waals surface area contributed by atoms with Gasteiger partial charge in [0.25, 0.3) is 0 Å². The van der Waals surface area contributed by atoms with E-state index in [1.54, 1.807) is 78.9 Å². The smallest absolute Gasteiger partial charge is 0.136 e. The predicted molar refractivity (Wildman–Crippen MR) is 190 cm³/mol. The first kappa shape index (κ1) is 14.7. The molecule has 0 saturated heterocycles. The number of hydrogen-bond donors (Lipinski definition) is 0. The van der Waals surface area contributed by atoms with Crippen LogP contribution in [0.4, 0.5) is 0 Å². The monoisotopic (exact) mass is 587 g/mol. The highest BCUT2D eigenvalue weighted by molar-refractivity contribution is 6.26. The van der Waals surface area contributed by atoms with Gasteiger partial charge in [-0.05, 0) is 84.2 Å². The third-order valence-corrected chi connectivity index (χ3v) is 8.00. The van der Waals surface area contributed by atoms with Gasteiger partial charge in [-0.25, -0.2) is 0 Å². The zero-order valence-corrected chi connectivity index (χ0v) is 23.4. The van der Waals surface area contributed by atoms with Crippen molar-refractivity contribution < 1.29 is 25.0 Å². The van der Waals surface area contributed by atoms with Gasteiger partial charge < -0.3 is 4.42 Å². The summed E-state index contributed by atoms with van der Waals surface area (Å²) in [6.07, 6.45) is 0. The molecule has 45 heavy (non-hydrogen) atoms. The van der Waals surface area contributed by atoms with Gasteiger partial charge in [0.05, 0.1) is 20.6 Å². The lowest BCUT2D eigenvalue weighted by atomic mass is 9.82. The van der Waals surface area contributed by atoms with Crippen molar-refractivity contribution in [2.75, 3.05) is 0 Å². The third kappa shape index (κ3) is 4.09. The SMILES string of the molecule is [2H]c1c([2H])c([2H])c(-c2c([2H])c([2H])c([2H])c([2H])c2-c2c3ccccc3c(-c3c([2H])c(-c4ccccc4)c([2H])c4oc5c([2H])c([2H])c([2H])c([2H])c5c34)c3ccccc23)c([2H])c1[2H]. The highest BCUT2D eigenvalue weighted by Gasteiger charge is 2.22. The highest BCUT2D eigenvalue weighted by Crippen LogP contribution is 2.49. The molecule has 9 aromatic rings. The van der Waals surface area contributed by atoms with E-state index < -0.39 is 84.1 Å². The zero-order valence-electron chi connectivity index (χ0n) is 38.4. The summed E-state index contributed by atoms with van der Waals surface area (Å²) in [7, 11) is 0. The third-order valence-electron chi connectivity index (χ3n) is 8.00. The second-order valence-corrected chi connectivity index (χ2v) is 10.5. The molecule has 9 rings (SSSR count). The first-order valence-electron chi connectivity index (χ1n) is 21.7. The van der Waals surface area contributed by atoms with Gasteiger partial charge in [-0.15, -0.1) is 0 Å². The van der Waals surface area contributed by atoms with E-state index in [1.807, 2.05) is 0 Å². The summed E-state index contributed by atoms with van der Waals surface area (Å²) in [4.78, 5) is 0. The second kappa shape index (κ2) is 10.4. The normalized spacial score (nSPS) is 16.2. The molecular formula is C44H28O. The molecule has 0 N–H and O–H groups in total. The zero-order chi connectivity index (χ0) is 42.8. The predicted octanol–water partition coefficient (Wildman–Crippen LogP) is 12.6. The topological polar surface area (TPSA) is 13.1 Å². The summed E-state index contributed by atoms with van der Waals surface area (Å²) >= 11 is 0. The van der Waals surface area contributed by atoms with Crippen LogP contribution in [0.25, 0.3) is 88.0 Å². The number of furan rings is 1. The van der Waals surface area contributed by atoms with Gasteiger partial charge in [0, 0.05) is 10.8 Å². The molecule has 0 amide bonds. The van der Waals surface area contributed by atoms with Gasteiger partial charge in [-0.3, -0.25) is 0 Å². The van der Waals surface area contributed by atoms with Crippen LogP contribution in [-0.2, 0) is 0 Å². The van der Waals surface area contributed by atoms with Crippen molar-refractivity contribution in [3.8, 4) is 44.5 Å². The minimum atomic E-state index is -0.682. The molecule has 1 aromatic heterocycles. The van der Waals surface area contributed by atoms with Gasteiger partial charge in [-0.2, -0.15) is 0 Å². The van der Waals surface area contributed by atoms with Crippen molar-refractivity contribution in [1.82, 2.24) is 0 Å². The van der Waals surface area contributed by atoms with Gasteiger partial charge in [0.2, 0.25) is 0 Å². The fourth-order valence-electron chi connectivity index (χ4n) is 6.15. The molecule has 0 bridgehead atoms. The van der Waals surface area contributed by atoms with Crippen molar-refractivity contribution in [2.24, 2.45) is 0 Å². The Labute approximate surface area is 282 Å². The molecule has 210 valence electrons. The largest absolute Gasteiger partial charge is 0.456 e. The lowest BCUT2D eigenvalue weighted by Crippen LogP contribution is -1.93. The first-order chi connectivity index (χ1) is 28.6. The summed E-state index contributed by atoms with van der Waals surface area (Å²) in [6, 6.07) is 14.5. The van der Waals surface area contributed by atoms with E-state index in [-0.39, 0.29) is 61.8 Å². The van der Waals surface area contributed by atoms with E-state index in [2.05, 4.69) is 0 Å². The molecule has 1 heteroatoms. The van der Waals surface area contributed by atoms with Gasteiger partial charge in [-0.1, -0.05) is 151 Å². The molecule has 0 spiro atoms. The van der Waals surface area contributed by atoms with Crippen LogP contribution in [0.2, 0.25) is 0 Å². The minimum absolute atomic E-state index is 0.0227.